The molecule has 1 aliphatic rings. The lowest BCUT2D eigenvalue weighted by atomic mass is 9.81. The van der Waals surface area contributed by atoms with Crippen LogP contribution in [-0.2, 0) is 5.41 Å². The van der Waals surface area contributed by atoms with Crippen molar-refractivity contribution in [3.63, 3.8) is 0 Å². The summed E-state index contributed by atoms with van der Waals surface area (Å²) in [7, 11) is 0. The molecule has 11 rings (SSSR count). The van der Waals surface area contributed by atoms with E-state index in [4.69, 9.17) is 15.0 Å². The molecule has 0 amide bonds. The summed E-state index contributed by atoms with van der Waals surface area (Å²) in [4.78, 5) is 15.8. The van der Waals surface area contributed by atoms with Gasteiger partial charge in [0.1, 0.15) is 0 Å². The van der Waals surface area contributed by atoms with Crippen molar-refractivity contribution in [1.82, 2.24) is 19.5 Å². The molecule has 10 aromatic rings. The average molecular weight is 717 g/mol. The molecule has 264 valence electrons. The Labute approximate surface area is 325 Å². The molecule has 0 saturated heterocycles. The smallest absolute Gasteiger partial charge is 0.238 e. The first-order valence-corrected chi connectivity index (χ1v) is 19.2. The van der Waals surface area contributed by atoms with E-state index in [1.54, 1.807) is 0 Å². The topological polar surface area (TPSA) is 43.6 Å². The molecule has 0 spiro atoms. The van der Waals surface area contributed by atoms with Crippen molar-refractivity contribution in [2.45, 2.75) is 19.3 Å². The molecule has 0 radical (unpaired) electrons. The highest BCUT2D eigenvalue weighted by Crippen LogP contribution is 2.50. The van der Waals surface area contributed by atoms with Gasteiger partial charge in [-0.15, -0.1) is 0 Å². The second-order valence-electron chi connectivity index (χ2n) is 15.2. The van der Waals surface area contributed by atoms with Gasteiger partial charge in [-0.25, -0.2) is 4.98 Å². The maximum atomic E-state index is 5.36. The lowest BCUT2D eigenvalue weighted by Gasteiger charge is -2.22. The summed E-state index contributed by atoms with van der Waals surface area (Å²) < 4.78 is 2.30. The number of rotatable bonds is 5. The monoisotopic (exact) mass is 716 g/mol. The Bertz CT molecular complexity index is 3140. The summed E-state index contributed by atoms with van der Waals surface area (Å²) in [5, 5.41) is 4.62. The number of hydrogen-bond acceptors (Lipinski definition) is 3. The van der Waals surface area contributed by atoms with Gasteiger partial charge in [0.05, 0.1) is 11.0 Å². The van der Waals surface area contributed by atoms with Crippen molar-refractivity contribution in [3.8, 4) is 62.1 Å². The molecule has 0 aliphatic heterocycles. The Morgan fingerprint density at radius 1 is 0.375 bits per heavy atom. The van der Waals surface area contributed by atoms with Crippen LogP contribution in [0.15, 0.2) is 182 Å². The van der Waals surface area contributed by atoms with Crippen LogP contribution in [0.4, 0.5) is 0 Å². The zero-order valence-corrected chi connectivity index (χ0v) is 31.1. The first-order chi connectivity index (χ1) is 27.5. The molecular weight excluding hydrogens is 681 g/mol. The summed E-state index contributed by atoms with van der Waals surface area (Å²) in [6, 6.07) is 64.8. The first-order valence-electron chi connectivity index (χ1n) is 19.2. The van der Waals surface area contributed by atoms with E-state index in [0.29, 0.717) is 17.6 Å². The molecule has 0 bridgehead atoms. The summed E-state index contributed by atoms with van der Waals surface area (Å²) >= 11 is 0. The molecule has 4 nitrogen and oxygen atoms in total. The third-order valence-electron chi connectivity index (χ3n) is 11.7. The van der Waals surface area contributed by atoms with Gasteiger partial charge in [-0.2, -0.15) is 9.97 Å². The van der Waals surface area contributed by atoms with Crippen molar-refractivity contribution < 1.29 is 0 Å². The van der Waals surface area contributed by atoms with E-state index in [9.17, 15) is 0 Å². The molecule has 2 aromatic heterocycles. The molecule has 4 heteroatoms. The van der Waals surface area contributed by atoms with Crippen LogP contribution in [-0.4, -0.2) is 19.5 Å². The normalized spacial score (nSPS) is 13.0. The molecule has 56 heavy (non-hydrogen) atoms. The quantitative estimate of drug-likeness (QED) is 0.178. The highest BCUT2D eigenvalue weighted by molar-refractivity contribution is 6.21. The van der Waals surface area contributed by atoms with Crippen LogP contribution in [0.3, 0.4) is 0 Å². The minimum atomic E-state index is -0.123. The zero-order chi connectivity index (χ0) is 37.4. The predicted molar refractivity (Wildman–Crippen MR) is 231 cm³/mol. The van der Waals surface area contributed by atoms with E-state index < -0.39 is 0 Å². The number of aromatic nitrogens is 4. The van der Waals surface area contributed by atoms with Gasteiger partial charge >= 0.3 is 0 Å². The molecule has 0 N–H and O–H groups in total. The van der Waals surface area contributed by atoms with Crippen molar-refractivity contribution in [2.75, 3.05) is 0 Å². The molecular formula is C52H36N4. The maximum Gasteiger partial charge on any atom is 0.238 e. The van der Waals surface area contributed by atoms with Crippen LogP contribution in [0.25, 0.3) is 94.7 Å². The molecule has 0 saturated carbocycles. The Hall–Kier alpha value is -7.17. The fraction of sp³-hybridized carbons (Fsp3) is 0.0577. The van der Waals surface area contributed by atoms with E-state index in [-0.39, 0.29) is 5.41 Å². The SMILES string of the molecule is CC1(C)c2ccccc2-c2ccc(-c3cccc4c5ccc6ccccc6c5n(-c5nc(-c6ccccc6)nc(-c6ccc(-c7ccccc7)cc6)n5)c34)cc21. The lowest BCUT2D eigenvalue weighted by Crippen LogP contribution is -2.14. The fourth-order valence-corrected chi connectivity index (χ4v) is 8.88. The summed E-state index contributed by atoms with van der Waals surface area (Å²) in [5.41, 5.74) is 13.8. The maximum absolute atomic E-state index is 5.36. The van der Waals surface area contributed by atoms with Crippen LogP contribution >= 0.6 is 0 Å². The Kier molecular flexibility index (Phi) is 7.17. The van der Waals surface area contributed by atoms with Gasteiger partial charge in [-0.1, -0.05) is 190 Å². The summed E-state index contributed by atoms with van der Waals surface area (Å²) in [5.74, 6) is 1.83. The number of benzene rings is 8. The number of fused-ring (bicyclic) bond motifs is 8. The highest BCUT2D eigenvalue weighted by Gasteiger charge is 2.35. The van der Waals surface area contributed by atoms with Crippen LogP contribution < -0.4 is 0 Å². The van der Waals surface area contributed by atoms with Gasteiger partial charge in [0.15, 0.2) is 11.6 Å². The third kappa shape index (κ3) is 4.96. The van der Waals surface area contributed by atoms with Crippen LogP contribution in [0.5, 0.6) is 0 Å². The van der Waals surface area contributed by atoms with Gasteiger partial charge < -0.3 is 0 Å². The van der Waals surface area contributed by atoms with E-state index in [1.165, 1.54) is 27.8 Å². The highest BCUT2D eigenvalue weighted by atomic mass is 15.2. The van der Waals surface area contributed by atoms with E-state index in [2.05, 4.69) is 176 Å². The Morgan fingerprint density at radius 3 is 1.71 bits per heavy atom. The third-order valence-corrected chi connectivity index (χ3v) is 11.7. The largest absolute Gasteiger partial charge is 0.277 e. The van der Waals surface area contributed by atoms with Gasteiger partial charge in [-0.05, 0) is 50.4 Å². The summed E-state index contributed by atoms with van der Waals surface area (Å²) in [6.45, 7) is 4.68. The number of para-hydroxylation sites is 1. The van der Waals surface area contributed by atoms with E-state index in [1.807, 2.05) is 24.3 Å². The van der Waals surface area contributed by atoms with Gasteiger partial charge in [-0.3, -0.25) is 4.57 Å². The molecule has 0 fully saturated rings. The van der Waals surface area contributed by atoms with Crippen LogP contribution in [0, 0.1) is 0 Å². The summed E-state index contributed by atoms with van der Waals surface area (Å²) in [6.07, 6.45) is 0. The number of hydrogen-bond donors (Lipinski definition) is 0. The molecule has 0 atom stereocenters. The number of nitrogens with zero attached hydrogens (tertiary/aromatic N) is 4. The Balaban J connectivity index is 1.20. The molecule has 8 aromatic carbocycles. The van der Waals surface area contributed by atoms with Gasteiger partial charge in [0.2, 0.25) is 5.95 Å². The first kappa shape index (κ1) is 32.3. The standard InChI is InChI=1S/C52H36N4/c1-52(2)45-23-12-11-20-41(45)42-30-29-38(32-46(42)52)40-21-13-22-43-44-31-28-35-16-9-10-19-39(35)47(44)56(48(40)43)51-54-49(36-17-7-4-8-18-36)53-50(55-51)37-26-24-34(25-27-37)33-14-5-3-6-15-33/h3-32H,1-2H3. The van der Waals surface area contributed by atoms with Gasteiger partial charge in [0, 0.05) is 38.3 Å². The fourth-order valence-electron chi connectivity index (χ4n) is 8.88. The zero-order valence-electron chi connectivity index (χ0n) is 31.1. The van der Waals surface area contributed by atoms with E-state index in [0.717, 1.165) is 60.4 Å². The predicted octanol–water partition coefficient (Wildman–Crippen LogP) is 13.1. The van der Waals surface area contributed by atoms with Crippen LogP contribution in [0.1, 0.15) is 25.0 Å². The van der Waals surface area contributed by atoms with E-state index >= 15 is 0 Å². The molecule has 1 aliphatic carbocycles. The average Bonchev–Trinajstić information content (AvgIpc) is 3.73. The van der Waals surface area contributed by atoms with Crippen molar-refractivity contribution >= 4 is 32.6 Å². The van der Waals surface area contributed by atoms with Crippen molar-refractivity contribution in [2.24, 2.45) is 0 Å². The minimum Gasteiger partial charge on any atom is -0.277 e. The minimum absolute atomic E-state index is 0.123. The second-order valence-corrected chi connectivity index (χ2v) is 15.2. The molecule has 2 heterocycles. The second kappa shape index (κ2) is 12.4. The molecule has 0 unspecified atom stereocenters. The van der Waals surface area contributed by atoms with Crippen molar-refractivity contribution in [3.05, 3.63) is 193 Å². The lowest BCUT2D eigenvalue weighted by molar-refractivity contribution is 0.660. The van der Waals surface area contributed by atoms with Crippen molar-refractivity contribution in [1.29, 1.82) is 0 Å². The van der Waals surface area contributed by atoms with Gasteiger partial charge in [0.25, 0.3) is 0 Å². The Morgan fingerprint density at radius 2 is 0.929 bits per heavy atom. The van der Waals surface area contributed by atoms with Crippen LogP contribution in [0.2, 0.25) is 0 Å².